The summed E-state index contributed by atoms with van der Waals surface area (Å²) in [4.78, 5) is 0. The normalized spacial score (nSPS) is 19.3. The van der Waals surface area contributed by atoms with Gasteiger partial charge in [0.05, 0.1) is 18.1 Å². The van der Waals surface area contributed by atoms with E-state index in [0.717, 1.165) is 6.42 Å². The molecule has 0 aromatic rings. The molecule has 0 saturated carbocycles. The minimum atomic E-state index is -3.34. The molecule has 20 heavy (non-hydrogen) atoms. The Morgan fingerprint density at radius 1 is 0.900 bits per heavy atom. The average Bonchev–Trinajstić information content (AvgIpc) is 2.43. The molecule has 9 heteroatoms. The molecule has 0 aromatic heterocycles. The molecule has 0 aromatic carbocycles. The topological polar surface area (TPSA) is 84.0 Å². The summed E-state index contributed by atoms with van der Waals surface area (Å²) in [7, 11) is -5.14. The van der Waals surface area contributed by atoms with Crippen LogP contribution in [0, 0.1) is 0 Å². The fourth-order valence-corrected chi connectivity index (χ4v) is 4.99. The van der Waals surface area contributed by atoms with Crippen LogP contribution in [0.1, 0.15) is 19.8 Å². The van der Waals surface area contributed by atoms with Crippen LogP contribution in [0.15, 0.2) is 0 Å². The molecule has 1 heterocycles. The number of rotatable bonds is 8. The van der Waals surface area contributed by atoms with E-state index in [1.54, 1.807) is 0 Å². The van der Waals surface area contributed by atoms with E-state index in [0.29, 0.717) is 6.42 Å². The molecule has 0 aliphatic carbocycles. The molecule has 1 aliphatic heterocycles. The van der Waals surface area contributed by atoms with Gasteiger partial charge in [-0.15, -0.1) is 0 Å². The van der Waals surface area contributed by atoms with Gasteiger partial charge in [-0.3, -0.25) is 0 Å². The van der Waals surface area contributed by atoms with Crippen molar-refractivity contribution in [2.75, 3.05) is 51.4 Å². The first-order valence-corrected chi connectivity index (χ1v) is 10.00. The molecule has 0 radical (unpaired) electrons. The first-order valence-electron chi connectivity index (χ1n) is 6.78. The minimum absolute atomic E-state index is 0.0634. The highest BCUT2D eigenvalue weighted by molar-refractivity contribution is 7.89. The van der Waals surface area contributed by atoms with Gasteiger partial charge >= 0.3 is 0 Å². The number of methoxy groups -OCH3 is 1. The van der Waals surface area contributed by atoms with Gasteiger partial charge in [-0.25, -0.2) is 16.8 Å². The summed E-state index contributed by atoms with van der Waals surface area (Å²) in [5.41, 5.74) is 0. The number of hydrogen-bond acceptors (Lipinski definition) is 5. The standard InChI is InChI=1S/C11H24N2O5S2/c1-3-4-10-19(14,15)12-5-7-13(8-6-12)20(16,17)11-9-18-2/h3-11H2,1-2H3. The highest BCUT2D eigenvalue weighted by Gasteiger charge is 2.31. The van der Waals surface area contributed by atoms with Gasteiger partial charge in [0.2, 0.25) is 20.0 Å². The average molecular weight is 328 g/mol. The predicted molar refractivity (Wildman–Crippen MR) is 77.5 cm³/mol. The Labute approximate surface area is 122 Å². The third kappa shape index (κ3) is 4.96. The SMILES string of the molecule is CCCCS(=O)(=O)N1CCN(S(=O)(=O)CCOC)CC1. The summed E-state index contributed by atoms with van der Waals surface area (Å²) in [6.07, 6.45) is 1.46. The zero-order valence-electron chi connectivity index (χ0n) is 12.1. The van der Waals surface area contributed by atoms with Crippen molar-refractivity contribution in [3.63, 3.8) is 0 Å². The zero-order valence-corrected chi connectivity index (χ0v) is 13.7. The van der Waals surface area contributed by atoms with Gasteiger partial charge < -0.3 is 4.74 Å². The van der Waals surface area contributed by atoms with E-state index in [-0.39, 0.29) is 44.3 Å². The van der Waals surface area contributed by atoms with Crippen molar-refractivity contribution in [3.8, 4) is 0 Å². The second-order valence-electron chi connectivity index (χ2n) is 4.78. The number of hydrogen-bond donors (Lipinski definition) is 0. The van der Waals surface area contributed by atoms with E-state index in [1.165, 1.54) is 15.7 Å². The zero-order chi connectivity index (χ0) is 15.2. The lowest BCUT2D eigenvalue weighted by atomic mass is 10.4. The van der Waals surface area contributed by atoms with Crippen molar-refractivity contribution >= 4 is 20.0 Å². The van der Waals surface area contributed by atoms with Crippen LogP contribution in [0.2, 0.25) is 0 Å². The highest BCUT2D eigenvalue weighted by atomic mass is 32.2. The molecule has 0 N–H and O–H groups in total. The Morgan fingerprint density at radius 2 is 1.35 bits per heavy atom. The van der Waals surface area contributed by atoms with E-state index in [4.69, 9.17) is 4.74 Å². The van der Waals surface area contributed by atoms with Crippen LogP contribution < -0.4 is 0 Å². The largest absolute Gasteiger partial charge is 0.384 e. The number of ether oxygens (including phenoxy) is 1. The van der Waals surface area contributed by atoms with E-state index in [9.17, 15) is 16.8 Å². The fraction of sp³-hybridized carbons (Fsp3) is 1.00. The maximum Gasteiger partial charge on any atom is 0.216 e. The fourth-order valence-electron chi connectivity index (χ4n) is 2.00. The predicted octanol–water partition coefficient (Wildman–Crippen LogP) is -0.290. The lowest BCUT2D eigenvalue weighted by Gasteiger charge is -2.33. The molecule has 0 amide bonds. The Balaban J connectivity index is 2.55. The quantitative estimate of drug-likeness (QED) is 0.611. The van der Waals surface area contributed by atoms with Crippen molar-refractivity contribution in [1.82, 2.24) is 8.61 Å². The molecule has 0 unspecified atom stereocenters. The monoisotopic (exact) mass is 328 g/mol. The van der Waals surface area contributed by atoms with E-state index < -0.39 is 20.0 Å². The number of nitrogens with zero attached hydrogens (tertiary/aromatic N) is 2. The Morgan fingerprint density at radius 3 is 1.75 bits per heavy atom. The van der Waals surface area contributed by atoms with Crippen LogP contribution in [0.4, 0.5) is 0 Å². The van der Waals surface area contributed by atoms with Crippen LogP contribution in [0.5, 0.6) is 0 Å². The van der Waals surface area contributed by atoms with Crippen LogP contribution in [0.3, 0.4) is 0 Å². The van der Waals surface area contributed by atoms with Crippen LogP contribution in [0.25, 0.3) is 0 Å². The molecule has 1 saturated heterocycles. The van der Waals surface area contributed by atoms with E-state index in [2.05, 4.69) is 0 Å². The summed E-state index contributed by atoms with van der Waals surface area (Å²) in [5.74, 6) is 0.0754. The lowest BCUT2D eigenvalue weighted by Crippen LogP contribution is -2.51. The van der Waals surface area contributed by atoms with Gasteiger partial charge in [0.25, 0.3) is 0 Å². The molecule has 1 fully saturated rings. The smallest absolute Gasteiger partial charge is 0.216 e. The summed E-state index contributed by atoms with van der Waals surface area (Å²) in [6, 6.07) is 0. The molecule has 0 bridgehead atoms. The van der Waals surface area contributed by atoms with Gasteiger partial charge in [-0.1, -0.05) is 13.3 Å². The first-order chi connectivity index (χ1) is 9.33. The van der Waals surface area contributed by atoms with Gasteiger partial charge in [-0.05, 0) is 6.42 Å². The van der Waals surface area contributed by atoms with Crippen molar-refractivity contribution in [3.05, 3.63) is 0 Å². The summed E-state index contributed by atoms with van der Waals surface area (Å²) < 4.78 is 55.4. The Bertz CT molecular complexity index is 435. The van der Waals surface area contributed by atoms with Crippen molar-refractivity contribution in [2.45, 2.75) is 19.8 Å². The van der Waals surface area contributed by atoms with Crippen LogP contribution in [-0.4, -0.2) is 76.8 Å². The van der Waals surface area contributed by atoms with Crippen LogP contribution >= 0.6 is 0 Å². The summed E-state index contributed by atoms with van der Waals surface area (Å²) in [6.45, 7) is 3.00. The number of unbranched alkanes of at least 4 members (excludes halogenated alkanes) is 1. The van der Waals surface area contributed by atoms with Crippen molar-refractivity contribution in [1.29, 1.82) is 0 Å². The molecular weight excluding hydrogens is 304 g/mol. The third-order valence-corrected chi connectivity index (χ3v) is 7.08. The van der Waals surface area contributed by atoms with E-state index >= 15 is 0 Å². The number of piperazine rings is 1. The number of sulfonamides is 2. The van der Waals surface area contributed by atoms with Crippen molar-refractivity contribution < 1.29 is 21.6 Å². The molecule has 0 atom stereocenters. The van der Waals surface area contributed by atoms with Gasteiger partial charge in [-0.2, -0.15) is 8.61 Å². The van der Waals surface area contributed by atoms with Crippen LogP contribution in [-0.2, 0) is 24.8 Å². The second-order valence-corrected chi connectivity index (χ2v) is 8.95. The molecular formula is C11H24N2O5S2. The van der Waals surface area contributed by atoms with E-state index in [1.807, 2.05) is 6.92 Å². The van der Waals surface area contributed by atoms with Gasteiger partial charge in [0.1, 0.15) is 0 Å². The molecule has 1 aliphatic rings. The van der Waals surface area contributed by atoms with Crippen molar-refractivity contribution in [2.24, 2.45) is 0 Å². The molecule has 1 rings (SSSR count). The minimum Gasteiger partial charge on any atom is -0.384 e. The molecule has 0 spiro atoms. The Hall–Kier alpha value is -0.220. The highest BCUT2D eigenvalue weighted by Crippen LogP contribution is 2.13. The first kappa shape index (κ1) is 17.8. The maximum absolute atomic E-state index is 12.0. The van der Waals surface area contributed by atoms with Gasteiger partial charge in [0, 0.05) is 33.3 Å². The maximum atomic E-state index is 12.0. The lowest BCUT2D eigenvalue weighted by molar-refractivity contribution is 0.213. The summed E-state index contributed by atoms with van der Waals surface area (Å²) in [5, 5.41) is 0. The molecule has 120 valence electrons. The second kappa shape index (κ2) is 7.69. The molecule has 7 nitrogen and oxygen atoms in total. The third-order valence-electron chi connectivity index (χ3n) is 3.29. The van der Waals surface area contributed by atoms with Gasteiger partial charge in [0.15, 0.2) is 0 Å². The summed E-state index contributed by atoms with van der Waals surface area (Å²) >= 11 is 0. The Kier molecular flexibility index (Phi) is 6.86.